The molecule has 31 heavy (non-hydrogen) atoms. The smallest absolute Gasteiger partial charge is 0.423 e. The number of rotatable bonds is 5. The monoisotopic (exact) mass is 413 g/mol. The Kier molecular flexibility index (Phi) is 5.19. The molecule has 0 atom stereocenters. The molecule has 0 fully saturated rings. The van der Waals surface area contributed by atoms with Crippen molar-refractivity contribution in [2.45, 2.75) is 26.4 Å². The summed E-state index contributed by atoms with van der Waals surface area (Å²) < 4.78 is 1.98. The summed E-state index contributed by atoms with van der Waals surface area (Å²) in [6.07, 6.45) is 0.874. The van der Waals surface area contributed by atoms with Crippen LogP contribution < -0.4 is 16.1 Å². The van der Waals surface area contributed by atoms with Crippen molar-refractivity contribution in [2.75, 3.05) is 11.9 Å². The van der Waals surface area contributed by atoms with Crippen LogP contribution in [0, 0.1) is 6.92 Å². The van der Waals surface area contributed by atoms with Crippen molar-refractivity contribution in [1.29, 1.82) is 0 Å². The van der Waals surface area contributed by atoms with Gasteiger partial charge in [0.25, 0.3) is 0 Å². The predicted molar refractivity (Wildman–Crippen MR) is 123 cm³/mol. The lowest BCUT2D eigenvalue weighted by Crippen LogP contribution is -2.30. The molecule has 8 heteroatoms. The topological polar surface area (TPSA) is 95.2 Å². The van der Waals surface area contributed by atoms with Gasteiger partial charge in [0.05, 0.1) is 11.2 Å². The number of nitrogens with zero attached hydrogens (tertiary/aromatic N) is 3. The third-order valence-corrected chi connectivity index (χ3v) is 5.77. The van der Waals surface area contributed by atoms with E-state index in [9.17, 15) is 10.0 Å². The molecular formula is C23H24BN5O2. The van der Waals surface area contributed by atoms with Crippen molar-refractivity contribution >= 4 is 29.3 Å². The van der Waals surface area contributed by atoms with E-state index < -0.39 is 7.12 Å². The minimum atomic E-state index is -1.53. The van der Waals surface area contributed by atoms with E-state index in [2.05, 4.69) is 22.8 Å². The molecule has 1 aliphatic heterocycles. The second-order valence-electron chi connectivity index (χ2n) is 7.84. The zero-order valence-electron chi connectivity index (χ0n) is 17.3. The van der Waals surface area contributed by atoms with Gasteiger partial charge in [-0.1, -0.05) is 42.5 Å². The highest BCUT2D eigenvalue weighted by atomic mass is 16.4. The van der Waals surface area contributed by atoms with Crippen LogP contribution in [0.15, 0.2) is 54.6 Å². The van der Waals surface area contributed by atoms with Crippen molar-refractivity contribution in [2.24, 2.45) is 0 Å². The van der Waals surface area contributed by atoms with Crippen LogP contribution in [0.2, 0.25) is 0 Å². The highest BCUT2D eigenvalue weighted by Crippen LogP contribution is 2.26. The molecule has 0 bridgehead atoms. The van der Waals surface area contributed by atoms with Crippen LogP contribution in [-0.4, -0.2) is 38.2 Å². The molecule has 0 spiro atoms. The first-order chi connectivity index (χ1) is 15.1. The summed E-state index contributed by atoms with van der Waals surface area (Å²) >= 11 is 0. The second-order valence-corrected chi connectivity index (χ2v) is 7.84. The maximum absolute atomic E-state index is 9.77. The number of nitrogens with one attached hydrogen (secondary N) is 2. The van der Waals surface area contributed by atoms with Gasteiger partial charge < -0.3 is 20.7 Å². The average Bonchev–Trinajstić information content (AvgIpc) is 3.13. The number of hydrogen-bond donors (Lipinski definition) is 4. The molecule has 0 amide bonds. The van der Waals surface area contributed by atoms with Gasteiger partial charge in [-0.05, 0) is 43.0 Å². The molecule has 0 saturated carbocycles. The lowest BCUT2D eigenvalue weighted by atomic mass is 9.78. The Labute approximate surface area is 180 Å². The molecule has 7 nitrogen and oxygen atoms in total. The Morgan fingerprint density at radius 2 is 1.94 bits per heavy atom. The van der Waals surface area contributed by atoms with E-state index in [1.54, 1.807) is 6.07 Å². The maximum atomic E-state index is 9.77. The lowest BCUT2D eigenvalue weighted by Gasteiger charge is -2.21. The fourth-order valence-corrected chi connectivity index (χ4v) is 4.25. The van der Waals surface area contributed by atoms with Gasteiger partial charge in [-0.25, -0.2) is 4.98 Å². The zero-order valence-corrected chi connectivity index (χ0v) is 17.3. The summed E-state index contributed by atoms with van der Waals surface area (Å²) in [6.45, 7) is 4.26. The fourth-order valence-electron chi connectivity index (χ4n) is 4.25. The van der Waals surface area contributed by atoms with E-state index in [-0.39, 0.29) is 0 Å². The first-order valence-electron chi connectivity index (χ1n) is 10.5. The number of aryl methyl sites for hydroxylation is 1. The van der Waals surface area contributed by atoms with E-state index in [1.165, 1.54) is 5.56 Å². The number of anilines is 1. The highest BCUT2D eigenvalue weighted by molar-refractivity contribution is 6.61. The molecule has 4 N–H and O–H groups in total. The van der Waals surface area contributed by atoms with E-state index in [1.807, 2.05) is 47.9 Å². The minimum absolute atomic E-state index is 0.474. The van der Waals surface area contributed by atoms with E-state index in [0.717, 1.165) is 46.6 Å². The maximum Gasteiger partial charge on any atom is 0.489 e. The number of aromatic nitrogens is 3. The van der Waals surface area contributed by atoms with E-state index >= 15 is 0 Å². The van der Waals surface area contributed by atoms with Crippen LogP contribution in [0.4, 0.5) is 5.82 Å². The summed E-state index contributed by atoms with van der Waals surface area (Å²) in [5.74, 6) is 1.43. The summed E-state index contributed by atoms with van der Waals surface area (Å²) in [7, 11) is -1.53. The number of benzene rings is 2. The number of fused-ring (bicyclic) bond motifs is 2. The molecule has 3 heterocycles. The van der Waals surface area contributed by atoms with Gasteiger partial charge in [0, 0.05) is 29.7 Å². The summed E-state index contributed by atoms with van der Waals surface area (Å²) in [6, 6.07) is 17.7. The van der Waals surface area contributed by atoms with E-state index in [4.69, 9.17) is 9.97 Å². The Morgan fingerprint density at radius 3 is 2.74 bits per heavy atom. The van der Waals surface area contributed by atoms with Gasteiger partial charge in [-0.3, -0.25) is 4.57 Å². The minimum Gasteiger partial charge on any atom is -0.423 e. The van der Waals surface area contributed by atoms with Crippen LogP contribution in [0.5, 0.6) is 0 Å². The van der Waals surface area contributed by atoms with Gasteiger partial charge in [-0.2, -0.15) is 4.98 Å². The van der Waals surface area contributed by atoms with Crippen molar-refractivity contribution in [3.8, 4) is 5.95 Å². The van der Waals surface area contributed by atoms with Crippen LogP contribution in [-0.2, 0) is 19.5 Å². The Bertz CT molecular complexity index is 1240. The predicted octanol–water partition coefficient (Wildman–Crippen LogP) is 1.67. The van der Waals surface area contributed by atoms with Crippen molar-refractivity contribution < 1.29 is 10.0 Å². The Balaban J connectivity index is 1.62. The molecule has 2 aromatic carbocycles. The van der Waals surface area contributed by atoms with Crippen LogP contribution in [0.25, 0.3) is 16.9 Å². The molecular weight excluding hydrogens is 389 g/mol. The zero-order chi connectivity index (χ0) is 21.4. The van der Waals surface area contributed by atoms with Crippen molar-refractivity contribution in [3.63, 3.8) is 0 Å². The quantitative estimate of drug-likeness (QED) is 0.372. The van der Waals surface area contributed by atoms with Gasteiger partial charge >= 0.3 is 7.12 Å². The molecule has 2 aromatic heterocycles. The largest absolute Gasteiger partial charge is 0.489 e. The molecule has 5 rings (SSSR count). The molecule has 0 unspecified atom stereocenters. The van der Waals surface area contributed by atoms with Crippen LogP contribution in [0.1, 0.15) is 22.5 Å². The van der Waals surface area contributed by atoms with Gasteiger partial charge in [0.15, 0.2) is 0 Å². The average molecular weight is 413 g/mol. The van der Waals surface area contributed by atoms with Crippen molar-refractivity contribution in [1.82, 2.24) is 19.9 Å². The third-order valence-electron chi connectivity index (χ3n) is 5.77. The lowest BCUT2D eigenvalue weighted by molar-refractivity contribution is 0.426. The summed E-state index contributed by atoms with van der Waals surface area (Å²) in [4.78, 5) is 9.80. The standard InChI is InChI=1S/C23H24BN5O2/c1-15-12-18-19(24(30)31)8-5-9-21(18)29(15)23-27-20-14-25-11-10-17(20)22(28-23)26-13-16-6-3-2-4-7-16/h2-9,12,25,30-31H,10-11,13-14H2,1H3,(H,26,27,28). The fraction of sp³-hybridized carbons (Fsp3) is 0.217. The Morgan fingerprint density at radius 1 is 1.10 bits per heavy atom. The second kappa shape index (κ2) is 8.15. The van der Waals surface area contributed by atoms with Crippen LogP contribution >= 0.6 is 0 Å². The van der Waals surface area contributed by atoms with Gasteiger partial charge in [0.1, 0.15) is 5.82 Å². The van der Waals surface area contributed by atoms with Crippen molar-refractivity contribution in [3.05, 3.63) is 77.1 Å². The Hall–Kier alpha value is -3.20. The molecule has 4 aromatic rings. The first-order valence-corrected chi connectivity index (χ1v) is 10.5. The molecule has 0 aliphatic carbocycles. The van der Waals surface area contributed by atoms with Gasteiger partial charge in [-0.15, -0.1) is 0 Å². The first kappa shape index (κ1) is 19.7. The molecule has 1 aliphatic rings. The molecule has 156 valence electrons. The number of hydrogen-bond acceptors (Lipinski definition) is 6. The summed E-state index contributed by atoms with van der Waals surface area (Å²) in [5.41, 5.74) is 5.59. The normalized spacial score (nSPS) is 13.3. The molecule has 0 radical (unpaired) electrons. The van der Waals surface area contributed by atoms with Crippen LogP contribution in [0.3, 0.4) is 0 Å². The van der Waals surface area contributed by atoms with Gasteiger partial charge in [0.2, 0.25) is 5.95 Å². The third kappa shape index (κ3) is 3.70. The highest BCUT2D eigenvalue weighted by Gasteiger charge is 2.22. The SMILES string of the molecule is Cc1cc2c(B(O)O)cccc2n1-c1nc2c(c(NCc3ccccc3)n1)CCNC2. The van der Waals surface area contributed by atoms with E-state index in [0.29, 0.717) is 24.5 Å². The molecule has 0 saturated heterocycles. The summed E-state index contributed by atoms with van der Waals surface area (Å²) in [5, 5.41) is 27.2.